The molecule has 2 aromatic rings. The summed E-state index contributed by atoms with van der Waals surface area (Å²) in [7, 11) is 0. The fraction of sp³-hybridized carbons (Fsp3) is 0.0769. The molecular weight excluding hydrogens is 260 g/mol. The number of amides is 2. The molecule has 7 heteroatoms. The molecule has 1 aromatic carbocycles. The summed E-state index contributed by atoms with van der Waals surface area (Å²) in [6.45, 7) is -0.155. The number of aromatic nitrogens is 1. The molecule has 2 heterocycles. The zero-order valence-electron chi connectivity index (χ0n) is 10.2. The number of nitriles is 1. The third-order valence-electron chi connectivity index (χ3n) is 2.98. The summed E-state index contributed by atoms with van der Waals surface area (Å²) in [5.74, 6) is -0.908. The molecule has 7 nitrogen and oxygen atoms in total. The topological polar surface area (TPSA) is 113 Å². The van der Waals surface area contributed by atoms with Crippen LogP contribution in [0.2, 0.25) is 0 Å². The second-order valence-corrected chi connectivity index (χ2v) is 4.17. The van der Waals surface area contributed by atoms with Crippen LogP contribution < -0.4 is 5.73 Å². The van der Waals surface area contributed by atoms with Gasteiger partial charge >= 0.3 is 0 Å². The maximum Gasteiger partial charge on any atom is 0.262 e. The zero-order valence-corrected chi connectivity index (χ0v) is 10.2. The van der Waals surface area contributed by atoms with E-state index in [1.54, 1.807) is 30.3 Å². The smallest absolute Gasteiger partial charge is 0.262 e. The van der Waals surface area contributed by atoms with Crippen LogP contribution in [0.3, 0.4) is 0 Å². The predicted molar refractivity (Wildman–Crippen MR) is 66.3 cm³/mol. The van der Waals surface area contributed by atoms with Gasteiger partial charge in [0, 0.05) is 0 Å². The Morgan fingerprint density at radius 1 is 1.25 bits per heavy atom. The molecule has 0 aliphatic carbocycles. The number of benzene rings is 1. The Hall–Kier alpha value is -3.14. The van der Waals surface area contributed by atoms with E-state index in [2.05, 4.69) is 4.98 Å². The van der Waals surface area contributed by atoms with Crippen molar-refractivity contribution in [2.24, 2.45) is 0 Å². The van der Waals surface area contributed by atoms with Gasteiger partial charge in [-0.1, -0.05) is 12.1 Å². The van der Waals surface area contributed by atoms with E-state index >= 15 is 0 Å². The van der Waals surface area contributed by atoms with E-state index < -0.39 is 11.8 Å². The number of imide groups is 1. The van der Waals surface area contributed by atoms with Crippen molar-refractivity contribution in [3.63, 3.8) is 0 Å². The molecule has 0 radical (unpaired) electrons. The van der Waals surface area contributed by atoms with Gasteiger partial charge in [0.05, 0.1) is 11.1 Å². The number of fused-ring (bicyclic) bond motifs is 1. The van der Waals surface area contributed by atoms with E-state index in [9.17, 15) is 9.59 Å². The fourth-order valence-electron chi connectivity index (χ4n) is 2.04. The number of nitrogens with zero attached hydrogens (tertiary/aromatic N) is 3. The first-order valence-electron chi connectivity index (χ1n) is 5.72. The lowest BCUT2D eigenvalue weighted by Crippen LogP contribution is -2.29. The second kappa shape index (κ2) is 4.20. The molecule has 1 aliphatic heterocycles. The van der Waals surface area contributed by atoms with Crippen LogP contribution in [0.15, 0.2) is 28.7 Å². The van der Waals surface area contributed by atoms with Gasteiger partial charge in [0.25, 0.3) is 11.8 Å². The maximum atomic E-state index is 12.1. The molecule has 2 amide bonds. The minimum absolute atomic E-state index is 0.0496. The number of carbonyl (C=O) groups is 2. The second-order valence-electron chi connectivity index (χ2n) is 4.17. The van der Waals surface area contributed by atoms with Crippen molar-refractivity contribution >= 4 is 17.7 Å². The Labute approximate surface area is 113 Å². The maximum absolute atomic E-state index is 12.1. The molecule has 2 N–H and O–H groups in total. The van der Waals surface area contributed by atoms with Crippen LogP contribution in [0.4, 0.5) is 5.88 Å². The van der Waals surface area contributed by atoms with Crippen molar-refractivity contribution < 1.29 is 14.0 Å². The first kappa shape index (κ1) is 11.9. The van der Waals surface area contributed by atoms with Crippen molar-refractivity contribution in [1.82, 2.24) is 9.88 Å². The lowest BCUT2D eigenvalue weighted by atomic mass is 10.1. The molecule has 1 aliphatic rings. The van der Waals surface area contributed by atoms with Crippen LogP contribution in [-0.2, 0) is 6.54 Å². The first-order valence-corrected chi connectivity index (χ1v) is 5.72. The van der Waals surface area contributed by atoms with Gasteiger partial charge in [0.15, 0.2) is 0 Å². The summed E-state index contributed by atoms with van der Waals surface area (Å²) >= 11 is 0. The van der Waals surface area contributed by atoms with Gasteiger partial charge < -0.3 is 10.2 Å². The van der Waals surface area contributed by atoms with Gasteiger partial charge in [0.2, 0.25) is 17.5 Å². The Morgan fingerprint density at radius 2 is 1.85 bits per heavy atom. The van der Waals surface area contributed by atoms with Gasteiger partial charge in [-0.3, -0.25) is 14.5 Å². The standard InChI is InChI=1S/C13H8N4O3/c14-5-9-11(15)20-10(16-9)6-17-12(18)7-3-1-2-4-8(7)13(17)19/h1-4H,6,15H2. The molecule has 0 atom stereocenters. The highest BCUT2D eigenvalue weighted by Gasteiger charge is 2.36. The minimum atomic E-state index is -0.416. The van der Waals surface area contributed by atoms with Gasteiger partial charge in [-0.15, -0.1) is 0 Å². The number of anilines is 1. The summed E-state index contributed by atoms with van der Waals surface area (Å²) in [6, 6.07) is 8.30. The Morgan fingerprint density at radius 3 is 2.35 bits per heavy atom. The highest BCUT2D eigenvalue weighted by molar-refractivity contribution is 6.21. The molecule has 0 saturated heterocycles. The van der Waals surface area contributed by atoms with E-state index in [0.717, 1.165) is 4.90 Å². The minimum Gasteiger partial charge on any atom is -0.422 e. The predicted octanol–water partition coefficient (Wildman–Crippen LogP) is 0.925. The zero-order chi connectivity index (χ0) is 14.3. The number of nitrogen functional groups attached to an aromatic ring is 1. The van der Waals surface area contributed by atoms with Crippen LogP contribution in [-0.4, -0.2) is 21.7 Å². The summed E-state index contributed by atoms with van der Waals surface area (Å²) in [5.41, 5.74) is 6.07. The number of nitrogens with two attached hydrogens (primary N) is 1. The normalized spacial score (nSPS) is 13.4. The van der Waals surface area contributed by atoms with E-state index in [4.69, 9.17) is 15.4 Å². The van der Waals surface area contributed by atoms with Crippen molar-refractivity contribution in [1.29, 1.82) is 5.26 Å². The average molecular weight is 268 g/mol. The van der Waals surface area contributed by atoms with Crippen molar-refractivity contribution in [3.8, 4) is 6.07 Å². The first-order chi connectivity index (χ1) is 9.61. The van der Waals surface area contributed by atoms with Gasteiger partial charge in [-0.2, -0.15) is 10.2 Å². The molecule has 3 rings (SSSR count). The molecule has 20 heavy (non-hydrogen) atoms. The van der Waals surface area contributed by atoms with E-state index in [0.29, 0.717) is 11.1 Å². The van der Waals surface area contributed by atoms with E-state index in [1.165, 1.54) is 0 Å². The molecule has 98 valence electrons. The number of carbonyl (C=O) groups excluding carboxylic acids is 2. The number of hydrogen-bond donors (Lipinski definition) is 1. The Kier molecular flexibility index (Phi) is 2.51. The lowest BCUT2D eigenvalue weighted by Gasteiger charge is -2.10. The number of hydrogen-bond acceptors (Lipinski definition) is 6. The average Bonchev–Trinajstić information content (AvgIpc) is 2.93. The molecule has 0 bridgehead atoms. The number of oxazole rings is 1. The Balaban J connectivity index is 1.92. The molecule has 1 aromatic heterocycles. The monoisotopic (exact) mass is 268 g/mol. The van der Waals surface area contributed by atoms with Crippen LogP contribution >= 0.6 is 0 Å². The molecular formula is C13H8N4O3. The van der Waals surface area contributed by atoms with Gasteiger partial charge in [-0.25, -0.2) is 0 Å². The van der Waals surface area contributed by atoms with Crippen LogP contribution in [0, 0.1) is 11.3 Å². The van der Waals surface area contributed by atoms with Gasteiger partial charge in [0.1, 0.15) is 12.6 Å². The van der Waals surface area contributed by atoms with Crippen LogP contribution in [0.1, 0.15) is 32.3 Å². The van der Waals surface area contributed by atoms with Gasteiger partial charge in [-0.05, 0) is 12.1 Å². The highest BCUT2D eigenvalue weighted by atomic mass is 16.4. The summed E-state index contributed by atoms with van der Waals surface area (Å²) < 4.78 is 5.06. The molecule has 0 spiro atoms. The quantitative estimate of drug-likeness (QED) is 0.810. The van der Waals surface area contributed by atoms with Crippen molar-refractivity contribution in [2.75, 3.05) is 5.73 Å². The summed E-state index contributed by atoms with van der Waals surface area (Å²) in [6.07, 6.45) is 0. The van der Waals surface area contributed by atoms with E-state index in [-0.39, 0.29) is 24.0 Å². The van der Waals surface area contributed by atoms with Crippen molar-refractivity contribution in [2.45, 2.75) is 6.54 Å². The van der Waals surface area contributed by atoms with Crippen LogP contribution in [0.25, 0.3) is 0 Å². The third-order valence-corrected chi connectivity index (χ3v) is 2.98. The molecule has 0 unspecified atom stereocenters. The third kappa shape index (κ3) is 1.63. The van der Waals surface area contributed by atoms with Crippen molar-refractivity contribution in [3.05, 3.63) is 47.0 Å². The number of rotatable bonds is 2. The lowest BCUT2D eigenvalue weighted by molar-refractivity contribution is 0.0629. The van der Waals surface area contributed by atoms with E-state index in [1.807, 2.05) is 0 Å². The molecule has 0 saturated carbocycles. The van der Waals surface area contributed by atoms with Crippen LogP contribution in [0.5, 0.6) is 0 Å². The SMILES string of the molecule is N#Cc1nc(CN2C(=O)c3ccccc3C2=O)oc1N. The molecule has 0 fully saturated rings. The Bertz CT molecular complexity index is 737. The highest BCUT2D eigenvalue weighted by Crippen LogP contribution is 2.24. The summed E-state index contributed by atoms with van der Waals surface area (Å²) in [4.78, 5) is 29.1. The summed E-state index contributed by atoms with van der Waals surface area (Å²) in [5, 5.41) is 8.74. The fourth-order valence-corrected chi connectivity index (χ4v) is 2.04. The largest absolute Gasteiger partial charge is 0.422 e.